The fraction of sp³-hybridized carbons (Fsp3) is 0.273. The van der Waals surface area contributed by atoms with E-state index < -0.39 is 5.82 Å². The lowest BCUT2D eigenvalue weighted by Crippen LogP contribution is -2.26. The van der Waals surface area contributed by atoms with Crippen molar-refractivity contribution in [3.8, 4) is 17.0 Å². The summed E-state index contributed by atoms with van der Waals surface area (Å²) in [4.78, 5) is 20.5. The second kappa shape index (κ2) is 6.78. The van der Waals surface area contributed by atoms with Gasteiger partial charge in [0.1, 0.15) is 0 Å². The topological polar surface area (TPSA) is 67.0 Å². The van der Waals surface area contributed by atoms with Crippen LogP contribution in [0.2, 0.25) is 0 Å². The van der Waals surface area contributed by atoms with Crippen molar-refractivity contribution < 1.29 is 13.9 Å². The maximum atomic E-state index is 13.8. The van der Waals surface area contributed by atoms with E-state index >= 15 is 0 Å². The number of pyridine rings is 1. The first kappa shape index (κ1) is 18.2. The van der Waals surface area contributed by atoms with E-state index in [9.17, 15) is 9.18 Å². The number of nitrogens with one attached hydrogen (secondary N) is 2. The zero-order valence-corrected chi connectivity index (χ0v) is 16.1. The maximum absolute atomic E-state index is 13.8. The largest absolute Gasteiger partial charge is 0.494 e. The second-order valence-corrected chi connectivity index (χ2v) is 7.88. The number of rotatable bonds is 4. The molecule has 6 heteroatoms. The number of carbonyl (C=O) groups excluding carboxylic acids is 1. The fourth-order valence-corrected chi connectivity index (χ4v) is 3.80. The Labute approximate surface area is 163 Å². The summed E-state index contributed by atoms with van der Waals surface area (Å²) < 4.78 is 18.9. The first-order valence-electron chi connectivity index (χ1n) is 9.17. The first-order valence-corrected chi connectivity index (χ1v) is 9.17. The van der Waals surface area contributed by atoms with Gasteiger partial charge >= 0.3 is 0 Å². The van der Waals surface area contributed by atoms with Crippen LogP contribution in [0.25, 0.3) is 11.3 Å². The van der Waals surface area contributed by atoms with Gasteiger partial charge in [0.2, 0.25) is 0 Å². The van der Waals surface area contributed by atoms with Crippen molar-refractivity contribution in [2.75, 3.05) is 12.4 Å². The summed E-state index contributed by atoms with van der Waals surface area (Å²) in [6.07, 6.45) is 4.69. The van der Waals surface area contributed by atoms with Crippen LogP contribution in [0.3, 0.4) is 0 Å². The van der Waals surface area contributed by atoms with Gasteiger partial charge in [-0.25, -0.2) is 4.39 Å². The molecule has 0 fully saturated rings. The van der Waals surface area contributed by atoms with E-state index in [1.807, 2.05) is 12.1 Å². The first-order chi connectivity index (χ1) is 13.4. The number of nitrogens with zero attached hydrogens (tertiary/aromatic N) is 1. The number of hydrogen-bond donors (Lipinski definition) is 2. The highest BCUT2D eigenvalue weighted by molar-refractivity contribution is 6.07. The molecular weight excluding hydrogens is 357 g/mol. The van der Waals surface area contributed by atoms with Crippen LogP contribution in [0.15, 0.2) is 42.7 Å². The highest BCUT2D eigenvalue weighted by atomic mass is 19.1. The molecule has 1 aromatic carbocycles. The Morgan fingerprint density at radius 3 is 2.64 bits per heavy atom. The molecule has 5 nitrogen and oxygen atoms in total. The van der Waals surface area contributed by atoms with Crippen LogP contribution in [0.5, 0.6) is 5.75 Å². The number of ketones is 1. The molecule has 0 spiro atoms. The minimum Gasteiger partial charge on any atom is -0.494 e. The average molecular weight is 379 g/mol. The molecular formula is C22H22FN3O2. The molecule has 144 valence electrons. The third-order valence-corrected chi connectivity index (χ3v) is 5.04. The molecule has 0 atom stereocenters. The molecule has 1 aliphatic carbocycles. The van der Waals surface area contributed by atoms with Gasteiger partial charge in [0.15, 0.2) is 17.3 Å². The van der Waals surface area contributed by atoms with Gasteiger partial charge < -0.3 is 15.0 Å². The molecule has 3 aromatic rings. The molecule has 0 saturated heterocycles. The zero-order valence-electron chi connectivity index (χ0n) is 16.1. The summed E-state index contributed by atoms with van der Waals surface area (Å²) in [7, 11) is 1.42. The molecule has 2 N–H and O–H groups in total. The van der Waals surface area contributed by atoms with Gasteiger partial charge in [0.05, 0.1) is 24.1 Å². The van der Waals surface area contributed by atoms with Gasteiger partial charge in [-0.15, -0.1) is 0 Å². The summed E-state index contributed by atoms with van der Waals surface area (Å²) in [6.45, 7) is 4.19. The van der Waals surface area contributed by atoms with E-state index in [4.69, 9.17) is 4.74 Å². The quantitative estimate of drug-likeness (QED) is 0.660. The number of aromatic amines is 1. The van der Waals surface area contributed by atoms with E-state index in [1.165, 1.54) is 13.2 Å². The molecule has 28 heavy (non-hydrogen) atoms. The van der Waals surface area contributed by atoms with Crippen LogP contribution in [-0.2, 0) is 6.42 Å². The lowest BCUT2D eigenvalue weighted by molar-refractivity contribution is 0.0912. The Morgan fingerprint density at radius 1 is 1.18 bits per heavy atom. The van der Waals surface area contributed by atoms with Crippen LogP contribution in [0, 0.1) is 11.2 Å². The predicted octanol–water partition coefficient (Wildman–Crippen LogP) is 5.12. The molecule has 2 aromatic heterocycles. The van der Waals surface area contributed by atoms with Crippen LogP contribution in [-0.4, -0.2) is 22.9 Å². The van der Waals surface area contributed by atoms with Crippen molar-refractivity contribution in [3.63, 3.8) is 0 Å². The lowest BCUT2D eigenvalue weighted by atomic mass is 9.76. The zero-order chi connectivity index (χ0) is 19.9. The van der Waals surface area contributed by atoms with Gasteiger partial charge in [0.25, 0.3) is 0 Å². The van der Waals surface area contributed by atoms with Crippen LogP contribution in [0.1, 0.15) is 36.3 Å². The minimum atomic E-state index is -0.434. The van der Waals surface area contributed by atoms with Crippen molar-refractivity contribution in [2.24, 2.45) is 5.41 Å². The summed E-state index contributed by atoms with van der Waals surface area (Å²) in [6, 6.07) is 8.34. The molecule has 0 aliphatic heterocycles. The van der Waals surface area contributed by atoms with E-state index in [0.29, 0.717) is 23.4 Å². The number of ether oxygens (including phenoxy) is 1. The Hall–Kier alpha value is -3.15. The standard InChI is InChI=1S/C22H22FN3O2/c1-22(2)11-16-19(17(27)12-22)21(20(26-16)13-6-8-24-9-7-13)25-14-4-5-15(23)18(10-14)28-3/h4-10,25-26H,11-12H2,1-3H3. The molecule has 0 amide bonds. The number of methoxy groups -OCH3 is 1. The number of hydrogen-bond acceptors (Lipinski definition) is 4. The van der Waals surface area contributed by atoms with Crippen LogP contribution >= 0.6 is 0 Å². The fourth-order valence-electron chi connectivity index (χ4n) is 3.80. The number of anilines is 2. The Morgan fingerprint density at radius 2 is 1.93 bits per heavy atom. The Kier molecular flexibility index (Phi) is 4.41. The van der Waals surface area contributed by atoms with E-state index in [2.05, 4.69) is 29.1 Å². The number of benzene rings is 1. The molecule has 0 unspecified atom stereocenters. The van der Waals surface area contributed by atoms with E-state index in [0.717, 1.165) is 23.4 Å². The van der Waals surface area contributed by atoms with Crippen molar-refractivity contribution >= 4 is 17.2 Å². The normalized spacial score (nSPS) is 15.2. The second-order valence-electron chi connectivity index (χ2n) is 7.88. The number of halogens is 1. The lowest BCUT2D eigenvalue weighted by Gasteiger charge is -2.28. The van der Waals surface area contributed by atoms with Crippen LogP contribution in [0.4, 0.5) is 15.8 Å². The Balaban J connectivity index is 1.85. The number of Topliss-reactive ketones (excluding diaryl/α,β-unsaturated/α-hetero) is 1. The minimum absolute atomic E-state index is 0.0964. The number of H-pyrrole nitrogens is 1. The van der Waals surface area contributed by atoms with Crippen molar-refractivity contribution in [1.29, 1.82) is 0 Å². The van der Waals surface area contributed by atoms with Crippen molar-refractivity contribution in [2.45, 2.75) is 26.7 Å². The predicted molar refractivity (Wildman–Crippen MR) is 107 cm³/mol. The van der Waals surface area contributed by atoms with Crippen molar-refractivity contribution in [1.82, 2.24) is 9.97 Å². The van der Waals surface area contributed by atoms with E-state index in [-0.39, 0.29) is 16.9 Å². The maximum Gasteiger partial charge on any atom is 0.167 e. The molecule has 1 aliphatic rings. The molecule has 0 radical (unpaired) electrons. The van der Waals surface area contributed by atoms with Crippen molar-refractivity contribution in [3.05, 3.63) is 59.8 Å². The third-order valence-electron chi connectivity index (χ3n) is 5.04. The summed E-state index contributed by atoms with van der Waals surface area (Å²) in [5.74, 6) is -0.192. The SMILES string of the molecule is COc1cc(Nc2c(-c3ccncc3)[nH]c3c2C(=O)CC(C)(C)C3)ccc1F. The highest BCUT2D eigenvalue weighted by Crippen LogP contribution is 2.43. The monoisotopic (exact) mass is 379 g/mol. The third kappa shape index (κ3) is 3.26. The number of fused-ring (bicyclic) bond motifs is 1. The highest BCUT2D eigenvalue weighted by Gasteiger charge is 2.35. The van der Waals surface area contributed by atoms with Gasteiger partial charge in [-0.05, 0) is 36.1 Å². The summed E-state index contributed by atoms with van der Waals surface area (Å²) in [5.41, 5.74) is 4.59. The smallest absolute Gasteiger partial charge is 0.167 e. The number of carbonyl (C=O) groups is 1. The molecule has 2 heterocycles. The Bertz CT molecular complexity index is 1040. The van der Waals surface area contributed by atoms with Crippen LogP contribution < -0.4 is 10.1 Å². The summed E-state index contributed by atoms with van der Waals surface area (Å²) >= 11 is 0. The van der Waals surface area contributed by atoms with E-state index in [1.54, 1.807) is 24.5 Å². The van der Waals surface area contributed by atoms with Gasteiger partial charge in [-0.2, -0.15) is 0 Å². The van der Waals surface area contributed by atoms with Gasteiger partial charge in [-0.3, -0.25) is 9.78 Å². The number of aromatic nitrogens is 2. The average Bonchev–Trinajstić information content (AvgIpc) is 3.01. The van der Waals surface area contributed by atoms with Gasteiger partial charge in [-0.1, -0.05) is 13.8 Å². The molecule has 4 rings (SSSR count). The molecule has 0 saturated carbocycles. The molecule has 0 bridgehead atoms. The summed E-state index contributed by atoms with van der Waals surface area (Å²) in [5, 5.41) is 3.32. The van der Waals surface area contributed by atoms with Gasteiger partial charge in [0, 0.05) is 41.8 Å².